The smallest absolute Gasteiger partial charge is 0.255 e. The molecule has 2 heterocycles. The Bertz CT molecular complexity index is 1450. The van der Waals surface area contributed by atoms with Crippen molar-refractivity contribution in [3.8, 4) is 11.8 Å². The first kappa shape index (κ1) is 28.5. The second kappa shape index (κ2) is 13.0. The van der Waals surface area contributed by atoms with Crippen molar-refractivity contribution in [2.75, 3.05) is 37.5 Å². The number of rotatable bonds is 10. The summed E-state index contributed by atoms with van der Waals surface area (Å²) >= 11 is 0. The van der Waals surface area contributed by atoms with Crippen LogP contribution in [0, 0.1) is 24.2 Å². The Labute approximate surface area is 235 Å². The van der Waals surface area contributed by atoms with Gasteiger partial charge in [-0.1, -0.05) is 18.2 Å². The van der Waals surface area contributed by atoms with Crippen molar-refractivity contribution in [3.05, 3.63) is 89.4 Å². The summed E-state index contributed by atoms with van der Waals surface area (Å²) in [6, 6.07) is 17.1. The van der Waals surface area contributed by atoms with Gasteiger partial charge in [0, 0.05) is 66.3 Å². The summed E-state index contributed by atoms with van der Waals surface area (Å²) in [5.74, 6) is 0.858. The van der Waals surface area contributed by atoms with Gasteiger partial charge in [-0.2, -0.15) is 5.26 Å². The highest BCUT2D eigenvalue weighted by atomic mass is 16.5. The zero-order valence-electron chi connectivity index (χ0n) is 23.4. The molecule has 40 heavy (non-hydrogen) atoms. The summed E-state index contributed by atoms with van der Waals surface area (Å²) in [6.07, 6.45) is 8.11. The van der Waals surface area contributed by atoms with Gasteiger partial charge < -0.3 is 20.1 Å². The molecular formula is C32H35N5O3. The number of pyridine rings is 1. The fraction of sp³-hybridized carbons (Fsp3) is 0.312. The first-order valence-corrected chi connectivity index (χ1v) is 13.3. The lowest BCUT2D eigenvalue weighted by atomic mass is 9.85. The third-order valence-electron chi connectivity index (χ3n) is 6.83. The standard InChI is InChI=1S/C32H35N5O3/c1-22-8-9-28(37-31(38)24-6-5-7-27(12-24)32(2,3)21-33)14-30(22)36-17-26(15-34-4)25-13-29(18-35-16-25)40-20-23-10-11-39-19-23/h5-9,12-18,23,36H,10-11,19-20H2,1-4H3,(H,37,38)/b26-17+,34-15?. The molecule has 8 heteroatoms. The van der Waals surface area contributed by atoms with Crippen LogP contribution in [0.4, 0.5) is 11.4 Å². The van der Waals surface area contributed by atoms with E-state index in [-0.39, 0.29) is 5.91 Å². The molecule has 3 aromatic rings. The number of nitrogens with zero attached hydrogens (tertiary/aromatic N) is 3. The average molecular weight is 538 g/mol. The van der Waals surface area contributed by atoms with Gasteiger partial charge in [-0.15, -0.1) is 0 Å². The van der Waals surface area contributed by atoms with Crippen LogP contribution in [0.3, 0.4) is 0 Å². The van der Waals surface area contributed by atoms with E-state index >= 15 is 0 Å². The maximum Gasteiger partial charge on any atom is 0.255 e. The summed E-state index contributed by atoms with van der Waals surface area (Å²) in [5.41, 5.74) is 4.78. The number of benzene rings is 2. The van der Waals surface area contributed by atoms with Crippen molar-refractivity contribution in [2.24, 2.45) is 10.9 Å². The number of aromatic nitrogens is 1. The number of aliphatic imine (C=N–C) groups is 1. The van der Waals surface area contributed by atoms with Crippen molar-refractivity contribution in [2.45, 2.75) is 32.6 Å². The Morgan fingerprint density at radius 2 is 2.08 bits per heavy atom. The number of amides is 1. The van der Waals surface area contributed by atoms with Gasteiger partial charge in [0.1, 0.15) is 5.75 Å². The molecule has 206 valence electrons. The molecule has 1 saturated heterocycles. The van der Waals surface area contributed by atoms with Crippen molar-refractivity contribution in [1.29, 1.82) is 5.26 Å². The van der Waals surface area contributed by atoms with Crippen LogP contribution in [0.2, 0.25) is 0 Å². The number of hydrogen-bond acceptors (Lipinski definition) is 7. The van der Waals surface area contributed by atoms with Crippen molar-refractivity contribution in [3.63, 3.8) is 0 Å². The van der Waals surface area contributed by atoms with Crippen molar-refractivity contribution >= 4 is 29.1 Å². The van der Waals surface area contributed by atoms with Crippen LogP contribution >= 0.6 is 0 Å². The normalized spacial score (nSPS) is 15.6. The van der Waals surface area contributed by atoms with Crippen LogP contribution in [0.25, 0.3) is 5.57 Å². The molecule has 1 unspecified atom stereocenters. The van der Waals surface area contributed by atoms with Gasteiger partial charge in [-0.05, 0) is 68.7 Å². The minimum absolute atomic E-state index is 0.244. The molecule has 0 aliphatic carbocycles. The topological polar surface area (TPSA) is 109 Å². The molecule has 8 nitrogen and oxygen atoms in total. The van der Waals surface area contributed by atoms with Gasteiger partial charge in [-0.3, -0.25) is 14.8 Å². The van der Waals surface area contributed by atoms with E-state index < -0.39 is 5.41 Å². The maximum atomic E-state index is 13.0. The minimum Gasteiger partial charge on any atom is -0.492 e. The van der Waals surface area contributed by atoms with E-state index in [1.807, 2.05) is 57.3 Å². The predicted octanol–water partition coefficient (Wildman–Crippen LogP) is 6.01. The van der Waals surface area contributed by atoms with Gasteiger partial charge in [0.05, 0.1) is 30.9 Å². The number of hydrogen-bond donors (Lipinski definition) is 2. The highest BCUT2D eigenvalue weighted by Gasteiger charge is 2.21. The fourth-order valence-electron chi connectivity index (χ4n) is 4.25. The van der Waals surface area contributed by atoms with Crippen LogP contribution in [-0.2, 0) is 10.2 Å². The van der Waals surface area contributed by atoms with Gasteiger partial charge in [0.25, 0.3) is 5.91 Å². The average Bonchev–Trinajstić information content (AvgIpc) is 3.49. The molecule has 2 N–H and O–H groups in total. The molecule has 0 saturated carbocycles. The Balaban J connectivity index is 1.49. The molecule has 0 radical (unpaired) electrons. The Kier molecular flexibility index (Phi) is 9.31. The number of carbonyl (C=O) groups is 1. The molecule has 2 aromatic carbocycles. The SMILES string of the molecule is CN=C/C(=C\Nc1cc(NC(=O)c2cccc(C(C)(C)C#N)c2)ccc1C)c1cncc(OCC2CCOC2)c1. The quantitative estimate of drug-likeness (QED) is 0.307. The Hall–Kier alpha value is -4.48. The first-order valence-electron chi connectivity index (χ1n) is 13.3. The number of nitriles is 1. The number of nitrogens with one attached hydrogen (secondary N) is 2. The summed E-state index contributed by atoms with van der Waals surface area (Å²) in [6.45, 7) is 7.77. The number of aryl methyl sites for hydroxylation is 1. The lowest BCUT2D eigenvalue weighted by molar-refractivity contribution is 0.102. The third-order valence-corrected chi connectivity index (χ3v) is 6.83. The Morgan fingerprint density at radius 3 is 2.83 bits per heavy atom. The molecule has 1 aliphatic heterocycles. The molecule has 1 aliphatic rings. The first-order chi connectivity index (χ1) is 19.3. The van der Waals surface area contributed by atoms with Crippen molar-refractivity contribution < 1.29 is 14.3 Å². The van der Waals surface area contributed by atoms with E-state index in [1.165, 1.54) is 0 Å². The molecular weight excluding hydrogens is 502 g/mol. The zero-order valence-corrected chi connectivity index (χ0v) is 23.4. The van der Waals surface area contributed by atoms with Crippen LogP contribution in [0.5, 0.6) is 5.75 Å². The number of allylic oxidation sites excluding steroid dienone is 1. The second-order valence-corrected chi connectivity index (χ2v) is 10.4. The minimum atomic E-state index is -0.685. The van der Waals surface area contributed by atoms with Crippen LogP contribution in [-0.4, -0.2) is 44.0 Å². The number of carbonyl (C=O) groups excluding carboxylic acids is 1. The van der Waals surface area contributed by atoms with Gasteiger partial charge in [-0.25, -0.2) is 0 Å². The molecule has 1 fully saturated rings. The van der Waals surface area contributed by atoms with E-state index in [4.69, 9.17) is 9.47 Å². The molecule has 1 amide bonds. The van der Waals surface area contributed by atoms with Crippen LogP contribution < -0.4 is 15.4 Å². The molecule has 0 bridgehead atoms. The highest BCUT2D eigenvalue weighted by Crippen LogP contribution is 2.26. The van der Waals surface area contributed by atoms with Crippen LogP contribution in [0.15, 0.2) is 72.1 Å². The molecule has 1 atom stereocenters. The van der Waals surface area contributed by atoms with E-state index in [0.29, 0.717) is 29.5 Å². The monoisotopic (exact) mass is 537 g/mol. The predicted molar refractivity (Wildman–Crippen MR) is 159 cm³/mol. The number of anilines is 2. The van der Waals surface area contributed by atoms with Gasteiger partial charge in [0.15, 0.2) is 0 Å². The number of ether oxygens (including phenoxy) is 2. The third kappa shape index (κ3) is 7.33. The summed E-state index contributed by atoms with van der Waals surface area (Å²) in [5, 5.41) is 15.8. The van der Waals surface area contributed by atoms with Gasteiger partial charge in [0.2, 0.25) is 0 Å². The highest BCUT2D eigenvalue weighted by molar-refractivity contribution is 6.10. The van der Waals surface area contributed by atoms with Gasteiger partial charge >= 0.3 is 0 Å². The molecule has 4 rings (SSSR count). The van der Waals surface area contributed by atoms with Crippen molar-refractivity contribution in [1.82, 2.24) is 4.98 Å². The van der Waals surface area contributed by atoms with Crippen LogP contribution in [0.1, 0.15) is 47.3 Å². The van der Waals surface area contributed by atoms with E-state index in [1.54, 1.807) is 43.9 Å². The zero-order chi connectivity index (χ0) is 28.5. The summed E-state index contributed by atoms with van der Waals surface area (Å²) in [7, 11) is 1.72. The summed E-state index contributed by atoms with van der Waals surface area (Å²) < 4.78 is 11.4. The van der Waals surface area contributed by atoms with E-state index in [9.17, 15) is 10.1 Å². The summed E-state index contributed by atoms with van der Waals surface area (Å²) in [4.78, 5) is 21.6. The fourth-order valence-corrected chi connectivity index (χ4v) is 4.25. The lowest BCUT2D eigenvalue weighted by Crippen LogP contribution is -2.17. The van der Waals surface area contributed by atoms with E-state index in [2.05, 4.69) is 26.7 Å². The largest absolute Gasteiger partial charge is 0.492 e. The lowest BCUT2D eigenvalue weighted by Gasteiger charge is -2.17. The van der Waals surface area contributed by atoms with E-state index in [0.717, 1.165) is 47.6 Å². The second-order valence-electron chi connectivity index (χ2n) is 10.4. The molecule has 1 aromatic heterocycles. The maximum absolute atomic E-state index is 13.0. The molecule has 0 spiro atoms. The Morgan fingerprint density at radius 1 is 1.23 bits per heavy atom.